The van der Waals surface area contributed by atoms with Gasteiger partial charge in [0.1, 0.15) is 0 Å². The van der Waals surface area contributed by atoms with Crippen LogP contribution in [0, 0.1) is 20.8 Å². The molecule has 0 spiro atoms. The van der Waals surface area contributed by atoms with Crippen LogP contribution in [-0.2, 0) is 11.2 Å². The molecular weight excluding hydrogens is 360 g/mol. The second-order valence-electron chi connectivity index (χ2n) is 7.84. The van der Waals surface area contributed by atoms with E-state index in [0.29, 0.717) is 12.8 Å². The lowest BCUT2D eigenvalue weighted by Crippen LogP contribution is -2.29. The quantitative estimate of drug-likeness (QED) is 0.520. The molecule has 29 heavy (non-hydrogen) atoms. The van der Waals surface area contributed by atoms with Crippen molar-refractivity contribution in [3.05, 3.63) is 64.6 Å². The molecular formula is C24H32N4O. The van der Waals surface area contributed by atoms with E-state index < -0.39 is 0 Å². The third-order valence-corrected chi connectivity index (χ3v) is 5.52. The highest BCUT2D eigenvalue weighted by molar-refractivity contribution is 5.76. The van der Waals surface area contributed by atoms with Crippen molar-refractivity contribution in [2.75, 3.05) is 0 Å². The minimum absolute atomic E-state index is 0.0758. The first-order chi connectivity index (χ1) is 14.0. The molecule has 0 saturated heterocycles. The molecule has 0 radical (unpaired) electrons. The van der Waals surface area contributed by atoms with E-state index in [1.165, 1.54) is 18.4 Å². The number of rotatable bonds is 9. The first-order valence-corrected chi connectivity index (χ1v) is 10.7. The largest absolute Gasteiger partial charge is 0.349 e. The Bertz CT molecular complexity index is 962. The fourth-order valence-electron chi connectivity index (χ4n) is 3.91. The van der Waals surface area contributed by atoms with Crippen LogP contribution in [0.15, 0.2) is 36.4 Å². The number of aryl methyl sites for hydroxylation is 3. The van der Waals surface area contributed by atoms with Crippen LogP contribution in [0.4, 0.5) is 0 Å². The van der Waals surface area contributed by atoms with Crippen LogP contribution in [0.2, 0.25) is 0 Å². The van der Waals surface area contributed by atoms with Crippen molar-refractivity contribution in [3.63, 3.8) is 0 Å². The molecule has 154 valence electrons. The summed E-state index contributed by atoms with van der Waals surface area (Å²) in [4.78, 5) is 17.4. The van der Waals surface area contributed by atoms with E-state index in [-0.39, 0.29) is 11.9 Å². The van der Waals surface area contributed by atoms with Crippen molar-refractivity contribution < 1.29 is 4.79 Å². The number of nitrogens with one attached hydrogen (secondary N) is 1. The summed E-state index contributed by atoms with van der Waals surface area (Å²) in [5.41, 5.74) is 6.15. The van der Waals surface area contributed by atoms with Crippen molar-refractivity contribution in [2.24, 2.45) is 0 Å². The van der Waals surface area contributed by atoms with Gasteiger partial charge in [-0.1, -0.05) is 56.5 Å². The maximum Gasteiger partial charge on any atom is 0.220 e. The number of hydrogen-bond donors (Lipinski definition) is 1. The highest BCUT2D eigenvalue weighted by Crippen LogP contribution is 2.21. The minimum atomic E-state index is 0.0758. The van der Waals surface area contributed by atoms with Gasteiger partial charge in [-0.05, 0) is 44.7 Å². The lowest BCUT2D eigenvalue weighted by atomic mass is 9.99. The Hall–Kier alpha value is -2.69. The Labute approximate surface area is 173 Å². The van der Waals surface area contributed by atoms with E-state index in [1.54, 1.807) is 0 Å². The van der Waals surface area contributed by atoms with E-state index in [1.807, 2.05) is 42.6 Å². The predicted octanol–water partition coefficient (Wildman–Crippen LogP) is 5.02. The highest BCUT2D eigenvalue weighted by atomic mass is 16.1. The standard InChI is InChI=1S/C24H32N4O/c1-5-6-8-13-22(20-11-9-7-10-12-20)26-24(29)15-14-21-18(3)25-23-16-17(2)27-28(23)19(21)4/h7,9-12,16,22H,5-6,8,13-15H2,1-4H3,(H,26,29). The highest BCUT2D eigenvalue weighted by Gasteiger charge is 2.16. The number of amides is 1. The van der Waals surface area contributed by atoms with E-state index in [0.717, 1.165) is 41.1 Å². The molecule has 0 aliphatic heterocycles. The molecule has 0 aliphatic rings. The topological polar surface area (TPSA) is 59.3 Å². The molecule has 1 atom stereocenters. The van der Waals surface area contributed by atoms with Gasteiger partial charge in [0.15, 0.2) is 5.65 Å². The minimum Gasteiger partial charge on any atom is -0.349 e. The summed E-state index contributed by atoms with van der Waals surface area (Å²) < 4.78 is 1.88. The van der Waals surface area contributed by atoms with Gasteiger partial charge in [0.2, 0.25) is 5.91 Å². The molecule has 1 aromatic carbocycles. The number of benzene rings is 1. The van der Waals surface area contributed by atoms with Crippen LogP contribution in [0.1, 0.15) is 73.3 Å². The van der Waals surface area contributed by atoms with Gasteiger partial charge in [-0.2, -0.15) is 5.10 Å². The average molecular weight is 393 g/mol. The molecule has 1 unspecified atom stereocenters. The molecule has 0 bridgehead atoms. The normalized spacial score (nSPS) is 12.3. The van der Waals surface area contributed by atoms with Gasteiger partial charge in [-0.3, -0.25) is 4.79 Å². The lowest BCUT2D eigenvalue weighted by molar-refractivity contribution is -0.121. The van der Waals surface area contributed by atoms with Gasteiger partial charge in [-0.15, -0.1) is 0 Å². The molecule has 0 aliphatic carbocycles. The van der Waals surface area contributed by atoms with Gasteiger partial charge in [0.25, 0.3) is 0 Å². The third-order valence-electron chi connectivity index (χ3n) is 5.52. The summed E-state index contributed by atoms with van der Waals surface area (Å²) in [5.74, 6) is 0.0888. The fourth-order valence-corrected chi connectivity index (χ4v) is 3.91. The molecule has 1 amide bonds. The smallest absolute Gasteiger partial charge is 0.220 e. The van der Waals surface area contributed by atoms with Crippen LogP contribution < -0.4 is 5.32 Å². The number of carbonyl (C=O) groups is 1. The van der Waals surface area contributed by atoms with Crippen molar-refractivity contribution in [2.45, 2.75) is 72.3 Å². The van der Waals surface area contributed by atoms with E-state index in [2.05, 4.69) is 41.4 Å². The van der Waals surface area contributed by atoms with Crippen LogP contribution in [-0.4, -0.2) is 20.5 Å². The molecule has 5 nitrogen and oxygen atoms in total. The zero-order valence-electron chi connectivity index (χ0n) is 18.0. The number of unbranched alkanes of at least 4 members (excludes halogenated alkanes) is 2. The summed E-state index contributed by atoms with van der Waals surface area (Å²) in [6.45, 7) is 8.24. The maximum absolute atomic E-state index is 12.8. The summed E-state index contributed by atoms with van der Waals surface area (Å²) in [6.07, 6.45) is 5.58. The van der Waals surface area contributed by atoms with Gasteiger partial charge in [0, 0.05) is 23.9 Å². The summed E-state index contributed by atoms with van der Waals surface area (Å²) in [7, 11) is 0. The Morgan fingerprint density at radius 1 is 1.14 bits per heavy atom. The third kappa shape index (κ3) is 5.22. The fraction of sp³-hybridized carbons (Fsp3) is 0.458. The molecule has 0 fully saturated rings. The monoisotopic (exact) mass is 392 g/mol. The van der Waals surface area contributed by atoms with Crippen molar-refractivity contribution in [1.29, 1.82) is 0 Å². The van der Waals surface area contributed by atoms with E-state index in [4.69, 9.17) is 0 Å². The van der Waals surface area contributed by atoms with Crippen LogP contribution >= 0.6 is 0 Å². The molecule has 3 aromatic rings. The first kappa shape index (κ1) is 21.0. The molecule has 5 heteroatoms. The Balaban J connectivity index is 1.68. The van der Waals surface area contributed by atoms with Gasteiger partial charge >= 0.3 is 0 Å². The zero-order chi connectivity index (χ0) is 20.8. The zero-order valence-corrected chi connectivity index (χ0v) is 18.0. The van der Waals surface area contributed by atoms with E-state index in [9.17, 15) is 4.79 Å². The lowest BCUT2D eigenvalue weighted by Gasteiger charge is -2.20. The van der Waals surface area contributed by atoms with E-state index >= 15 is 0 Å². The molecule has 0 saturated carbocycles. The Morgan fingerprint density at radius 3 is 2.62 bits per heavy atom. The second kappa shape index (κ2) is 9.68. The number of hydrogen-bond acceptors (Lipinski definition) is 3. The van der Waals surface area contributed by atoms with Gasteiger partial charge in [0.05, 0.1) is 11.7 Å². The first-order valence-electron chi connectivity index (χ1n) is 10.7. The molecule has 2 aromatic heterocycles. The summed E-state index contributed by atoms with van der Waals surface area (Å²) in [6, 6.07) is 12.3. The number of fused-ring (bicyclic) bond motifs is 1. The SMILES string of the molecule is CCCCCC(NC(=O)CCc1c(C)nc2cc(C)nn2c1C)c1ccccc1. The van der Waals surface area contributed by atoms with Crippen molar-refractivity contribution in [3.8, 4) is 0 Å². The summed E-state index contributed by atoms with van der Waals surface area (Å²) in [5, 5.41) is 7.79. The summed E-state index contributed by atoms with van der Waals surface area (Å²) >= 11 is 0. The Kier molecular flexibility index (Phi) is 7.02. The molecule has 2 heterocycles. The number of carbonyl (C=O) groups excluding carboxylic acids is 1. The van der Waals surface area contributed by atoms with Gasteiger partial charge in [-0.25, -0.2) is 9.50 Å². The van der Waals surface area contributed by atoms with Crippen LogP contribution in [0.5, 0.6) is 0 Å². The van der Waals surface area contributed by atoms with Crippen LogP contribution in [0.25, 0.3) is 5.65 Å². The average Bonchev–Trinajstić information content (AvgIpc) is 3.08. The second-order valence-corrected chi connectivity index (χ2v) is 7.84. The van der Waals surface area contributed by atoms with Crippen molar-refractivity contribution in [1.82, 2.24) is 19.9 Å². The predicted molar refractivity (Wildman–Crippen MR) is 117 cm³/mol. The number of aromatic nitrogens is 3. The van der Waals surface area contributed by atoms with Crippen LogP contribution in [0.3, 0.4) is 0 Å². The molecule has 3 rings (SSSR count). The molecule has 1 N–H and O–H groups in total. The van der Waals surface area contributed by atoms with Gasteiger partial charge < -0.3 is 5.32 Å². The number of nitrogens with zero attached hydrogens (tertiary/aromatic N) is 3. The Morgan fingerprint density at radius 2 is 1.90 bits per heavy atom. The van der Waals surface area contributed by atoms with Crippen molar-refractivity contribution >= 4 is 11.6 Å². The maximum atomic E-state index is 12.8.